The highest BCUT2D eigenvalue weighted by Gasteiger charge is 2.24. The minimum absolute atomic E-state index is 0.554. The Morgan fingerprint density at radius 3 is 2.85 bits per heavy atom. The van der Waals surface area contributed by atoms with E-state index in [0.29, 0.717) is 28.9 Å². The van der Waals surface area contributed by atoms with Crippen LogP contribution in [0.3, 0.4) is 0 Å². The van der Waals surface area contributed by atoms with Gasteiger partial charge in [-0.1, -0.05) is 24.3 Å². The van der Waals surface area contributed by atoms with E-state index in [1.54, 1.807) is 0 Å². The molecule has 0 saturated carbocycles. The second-order valence-electron chi connectivity index (χ2n) is 7.08. The minimum Gasteiger partial charge on any atom is -0.422 e. The zero-order chi connectivity index (χ0) is 18.1. The Labute approximate surface area is 153 Å². The summed E-state index contributed by atoms with van der Waals surface area (Å²) >= 11 is 0. The maximum absolute atomic E-state index is 5.53. The molecular weight excluding hydrogens is 326 g/mol. The number of benzene rings is 1. The fourth-order valence-electron chi connectivity index (χ4n) is 3.82. The van der Waals surface area contributed by atoms with E-state index in [4.69, 9.17) is 4.42 Å². The molecule has 0 aliphatic carbocycles. The molecule has 6 heteroatoms. The summed E-state index contributed by atoms with van der Waals surface area (Å²) in [6.45, 7) is 9.99. The molecule has 0 spiro atoms. The molecule has 0 unspecified atom stereocenters. The molecule has 6 nitrogen and oxygen atoms in total. The van der Waals surface area contributed by atoms with Crippen molar-refractivity contribution in [2.45, 2.75) is 33.1 Å². The van der Waals surface area contributed by atoms with Gasteiger partial charge in [0.05, 0.1) is 0 Å². The van der Waals surface area contributed by atoms with E-state index < -0.39 is 0 Å². The maximum atomic E-state index is 5.53. The Morgan fingerprint density at radius 1 is 1.15 bits per heavy atom. The maximum Gasteiger partial charge on any atom is 0.252 e. The fourth-order valence-corrected chi connectivity index (χ4v) is 3.82. The highest BCUT2D eigenvalue weighted by molar-refractivity contribution is 5.81. The minimum atomic E-state index is 0.554. The van der Waals surface area contributed by atoms with Crippen LogP contribution < -0.4 is 5.32 Å². The summed E-state index contributed by atoms with van der Waals surface area (Å²) in [7, 11) is 0. The van der Waals surface area contributed by atoms with Crippen LogP contribution in [-0.4, -0.2) is 46.0 Å². The van der Waals surface area contributed by atoms with E-state index in [-0.39, 0.29) is 0 Å². The van der Waals surface area contributed by atoms with Crippen molar-refractivity contribution in [2.75, 3.05) is 31.5 Å². The Balaban J connectivity index is 1.37. The zero-order valence-corrected chi connectivity index (χ0v) is 15.6. The largest absolute Gasteiger partial charge is 0.422 e. The summed E-state index contributed by atoms with van der Waals surface area (Å²) in [6, 6.07) is 8.75. The van der Waals surface area contributed by atoms with Crippen molar-refractivity contribution in [1.29, 1.82) is 0 Å². The van der Waals surface area contributed by atoms with Crippen LogP contribution >= 0.6 is 0 Å². The first-order valence-electron chi connectivity index (χ1n) is 9.23. The monoisotopic (exact) mass is 351 g/mol. The van der Waals surface area contributed by atoms with Gasteiger partial charge in [-0.05, 0) is 43.9 Å². The number of oxazole rings is 1. The van der Waals surface area contributed by atoms with Gasteiger partial charge in [0.15, 0.2) is 17.2 Å². The smallest absolute Gasteiger partial charge is 0.252 e. The van der Waals surface area contributed by atoms with Crippen LogP contribution in [0.15, 0.2) is 28.7 Å². The van der Waals surface area contributed by atoms with Crippen molar-refractivity contribution in [2.24, 2.45) is 0 Å². The van der Waals surface area contributed by atoms with Gasteiger partial charge >= 0.3 is 0 Å². The quantitative estimate of drug-likeness (QED) is 0.759. The van der Waals surface area contributed by atoms with Gasteiger partial charge < -0.3 is 14.6 Å². The second-order valence-corrected chi connectivity index (χ2v) is 7.08. The molecule has 3 heterocycles. The molecule has 0 bridgehead atoms. The Hall–Kier alpha value is -2.47. The van der Waals surface area contributed by atoms with Crippen LogP contribution in [0.25, 0.3) is 11.2 Å². The van der Waals surface area contributed by atoms with Crippen molar-refractivity contribution in [3.05, 3.63) is 47.1 Å². The third kappa shape index (κ3) is 3.42. The van der Waals surface area contributed by atoms with Gasteiger partial charge in [-0.15, -0.1) is 0 Å². The molecule has 26 heavy (non-hydrogen) atoms. The molecule has 1 aliphatic rings. The summed E-state index contributed by atoms with van der Waals surface area (Å²) in [5.41, 5.74) is 4.16. The van der Waals surface area contributed by atoms with Crippen LogP contribution in [-0.2, 0) is 0 Å². The lowest BCUT2D eigenvalue weighted by molar-refractivity contribution is 0.347. The van der Waals surface area contributed by atoms with Gasteiger partial charge in [0.1, 0.15) is 5.82 Å². The highest BCUT2D eigenvalue weighted by atomic mass is 16.4. The first-order valence-corrected chi connectivity index (χ1v) is 9.23. The Morgan fingerprint density at radius 2 is 2.00 bits per heavy atom. The zero-order valence-electron chi connectivity index (χ0n) is 15.6. The van der Waals surface area contributed by atoms with Crippen LogP contribution in [0.2, 0.25) is 0 Å². The third-order valence-corrected chi connectivity index (χ3v) is 5.10. The first kappa shape index (κ1) is 17.0. The van der Waals surface area contributed by atoms with E-state index >= 15 is 0 Å². The number of aryl methyl sites for hydroxylation is 3. The molecule has 1 N–H and O–H groups in total. The normalized spacial score (nSPS) is 17.9. The first-order chi connectivity index (χ1) is 12.6. The molecule has 1 aromatic carbocycles. The lowest BCUT2D eigenvalue weighted by Crippen LogP contribution is -2.27. The van der Waals surface area contributed by atoms with E-state index in [1.807, 2.05) is 13.8 Å². The van der Waals surface area contributed by atoms with E-state index in [1.165, 1.54) is 17.5 Å². The van der Waals surface area contributed by atoms with E-state index in [0.717, 1.165) is 32.0 Å². The van der Waals surface area contributed by atoms with Crippen molar-refractivity contribution < 1.29 is 4.42 Å². The molecular formula is C20H25N5O. The summed E-state index contributed by atoms with van der Waals surface area (Å²) < 4.78 is 5.53. The molecule has 1 atom stereocenters. The molecule has 0 radical (unpaired) electrons. The SMILES string of the molecule is Cc1nc(NCCN2CC[C@H](c3ccccc3C)C2)c2nc(C)oc2n1. The van der Waals surface area contributed by atoms with Crippen molar-refractivity contribution in [1.82, 2.24) is 19.9 Å². The van der Waals surface area contributed by atoms with Crippen molar-refractivity contribution in [3.63, 3.8) is 0 Å². The van der Waals surface area contributed by atoms with Gasteiger partial charge in [-0.2, -0.15) is 4.98 Å². The highest BCUT2D eigenvalue weighted by Crippen LogP contribution is 2.29. The van der Waals surface area contributed by atoms with Gasteiger partial charge in [0.25, 0.3) is 5.71 Å². The molecule has 1 saturated heterocycles. The molecule has 4 rings (SSSR count). The number of rotatable bonds is 5. The predicted octanol–water partition coefficient (Wildman–Crippen LogP) is 3.44. The molecule has 1 aliphatic heterocycles. The number of fused-ring (bicyclic) bond motifs is 1. The Kier molecular flexibility index (Phi) is 4.59. The number of hydrogen-bond acceptors (Lipinski definition) is 6. The van der Waals surface area contributed by atoms with E-state index in [2.05, 4.69) is 56.4 Å². The van der Waals surface area contributed by atoms with Gasteiger partial charge in [0.2, 0.25) is 0 Å². The molecule has 136 valence electrons. The number of nitrogens with zero attached hydrogens (tertiary/aromatic N) is 4. The lowest BCUT2D eigenvalue weighted by Gasteiger charge is -2.17. The van der Waals surface area contributed by atoms with E-state index in [9.17, 15) is 0 Å². The van der Waals surface area contributed by atoms with Crippen LogP contribution in [0.4, 0.5) is 5.82 Å². The summed E-state index contributed by atoms with van der Waals surface area (Å²) in [5.74, 6) is 2.71. The Bertz CT molecular complexity index is 920. The summed E-state index contributed by atoms with van der Waals surface area (Å²) in [5, 5.41) is 3.42. The van der Waals surface area contributed by atoms with Gasteiger partial charge in [-0.25, -0.2) is 9.97 Å². The standard InChI is InChI=1S/C20H25N5O/c1-13-6-4-5-7-17(13)16-8-10-25(12-16)11-9-21-19-18-20(23-14(2)22-19)26-15(3)24-18/h4-7,16H,8-12H2,1-3H3,(H,21,22,23)/t16-/m0/s1. The lowest BCUT2D eigenvalue weighted by atomic mass is 9.94. The summed E-state index contributed by atoms with van der Waals surface area (Å²) in [6.07, 6.45) is 1.23. The average Bonchev–Trinajstić information content (AvgIpc) is 3.21. The third-order valence-electron chi connectivity index (χ3n) is 5.10. The van der Waals surface area contributed by atoms with Crippen molar-refractivity contribution in [3.8, 4) is 0 Å². The number of nitrogens with one attached hydrogen (secondary N) is 1. The number of likely N-dealkylation sites (tertiary alicyclic amines) is 1. The number of hydrogen-bond donors (Lipinski definition) is 1. The summed E-state index contributed by atoms with van der Waals surface area (Å²) in [4.78, 5) is 15.7. The van der Waals surface area contributed by atoms with Crippen LogP contribution in [0, 0.1) is 20.8 Å². The molecule has 3 aromatic rings. The fraction of sp³-hybridized carbons (Fsp3) is 0.450. The van der Waals surface area contributed by atoms with Gasteiger partial charge in [-0.3, -0.25) is 0 Å². The molecule has 2 aromatic heterocycles. The van der Waals surface area contributed by atoms with Crippen molar-refractivity contribution >= 4 is 17.0 Å². The number of aromatic nitrogens is 3. The van der Waals surface area contributed by atoms with Crippen LogP contribution in [0.1, 0.15) is 35.2 Å². The predicted molar refractivity (Wildman–Crippen MR) is 103 cm³/mol. The molecule has 0 amide bonds. The average molecular weight is 351 g/mol. The van der Waals surface area contributed by atoms with Crippen LogP contribution in [0.5, 0.6) is 0 Å². The van der Waals surface area contributed by atoms with Gasteiger partial charge in [0, 0.05) is 26.6 Å². The topological polar surface area (TPSA) is 67.1 Å². The number of anilines is 1. The molecule has 1 fully saturated rings. The second kappa shape index (κ2) is 7.03.